The van der Waals surface area contributed by atoms with Crippen LogP contribution in [0.2, 0.25) is 0 Å². The molecule has 0 saturated carbocycles. The molecule has 0 aliphatic carbocycles. The Balaban J connectivity index is 2.51. The normalized spacial score (nSPS) is 16.1. The van der Waals surface area contributed by atoms with Crippen molar-refractivity contribution in [3.05, 3.63) is 0 Å². The summed E-state index contributed by atoms with van der Waals surface area (Å²) in [7, 11) is 0. The van der Waals surface area contributed by atoms with Crippen LogP contribution in [0.4, 0.5) is 0 Å². The van der Waals surface area contributed by atoms with Crippen LogP contribution in [-0.2, 0) is 31.8 Å². The fourth-order valence-corrected chi connectivity index (χ4v) is 1.35. The van der Waals surface area contributed by atoms with E-state index in [4.69, 9.17) is 0 Å². The fraction of sp³-hybridized carbons (Fsp3) is 0.500. The number of nitrogens with zero attached hydrogens (tertiary/aromatic N) is 1. The highest BCUT2D eigenvalue weighted by Gasteiger charge is 2.29. The minimum absolute atomic E-state index is 0.147. The van der Waals surface area contributed by atoms with Crippen molar-refractivity contribution in [1.82, 2.24) is 4.90 Å². The average Bonchev–Trinajstić information content (AvgIpc) is 2.34. The van der Waals surface area contributed by atoms with E-state index in [1.807, 2.05) is 0 Å². The van der Waals surface area contributed by atoms with Gasteiger partial charge in [0.1, 0.15) is 0 Å². The minimum Gasteiger partial charge on any atom is -0.742 e. The summed E-state index contributed by atoms with van der Waals surface area (Å²) in [6, 6.07) is 0. The predicted molar refractivity (Wildman–Crippen MR) is 48.0 cm³/mol. The summed E-state index contributed by atoms with van der Waals surface area (Å²) in [6.45, 7) is -0.319. The summed E-state index contributed by atoms with van der Waals surface area (Å²) in [6.07, 6.45) is -0.103. The van der Waals surface area contributed by atoms with Gasteiger partial charge in [0.15, 0.2) is 5.78 Å². The first-order valence-corrected chi connectivity index (χ1v) is 4.46. The van der Waals surface area contributed by atoms with Gasteiger partial charge in [0.25, 0.3) is 0 Å². The summed E-state index contributed by atoms with van der Waals surface area (Å²) >= 11 is 4.21. The van der Waals surface area contributed by atoms with Crippen LogP contribution in [0.1, 0.15) is 19.3 Å². The van der Waals surface area contributed by atoms with Crippen molar-refractivity contribution in [2.45, 2.75) is 19.3 Å². The quantitative estimate of drug-likeness (QED) is 0.347. The number of rotatable bonds is 4. The van der Waals surface area contributed by atoms with Gasteiger partial charge in [-0.15, -0.1) is 0 Å². The number of Topliss-reactive ketones (excluding diaryl/α,β-unsaturated/α-hetero) is 1. The summed E-state index contributed by atoms with van der Waals surface area (Å²) in [5.41, 5.74) is 0. The Kier molecular flexibility index (Phi) is 3.29. The number of likely N-dealkylation sites (tertiary alicyclic amines) is 1. The molecule has 1 heterocycles. The first-order valence-electron chi connectivity index (χ1n) is 4.05. The molecule has 0 spiro atoms. The molecule has 0 aromatic rings. The molecule has 1 fully saturated rings. The van der Waals surface area contributed by atoms with Crippen LogP contribution in [0, 0.1) is 0 Å². The van der Waals surface area contributed by atoms with Gasteiger partial charge in [-0.1, -0.05) is 0 Å². The second-order valence-corrected chi connectivity index (χ2v) is 3.42. The number of ketones is 1. The van der Waals surface area contributed by atoms with E-state index in [0.717, 1.165) is 4.90 Å². The number of hydrogen-bond acceptors (Lipinski definition) is 5. The molecule has 0 radical (unpaired) electrons. The average molecular weight is 214 g/mol. The molecule has 14 heavy (non-hydrogen) atoms. The zero-order chi connectivity index (χ0) is 10.7. The maximum absolute atomic E-state index is 11.1. The van der Waals surface area contributed by atoms with E-state index < -0.39 is 17.3 Å². The molecule has 1 saturated heterocycles. The number of amides is 2. The Labute approximate surface area is 85.8 Å². The Morgan fingerprint density at radius 1 is 1.21 bits per heavy atom. The SMILES string of the molecule is O=C([S-])CC(=O)CN1C(=O)CCC1=O. The van der Waals surface area contributed by atoms with Gasteiger partial charge in [0, 0.05) is 24.4 Å². The third-order valence-electron chi connectivity index (χ3n) is 1.83. The van der Waals surface area contributed by atoms with Gasteiger partial charge >= 0.3 is 0 Å². The lowest BCUT2D eigenvalue weighted by atomic mass is 10.3. The van der Waals surface area contributed by atoms with E-state index in [0.29, 0.717) is 0 Å². The largest absolute Gasteiger partial charge is 0.742 e. The van der Waals surface area contributed by atoms with Crippen molar-refractivity contribution in [2.75, 3.05) is 6.54 Å². The zero-order valence-electron chi connectivity index (χ0n) is 7.32. The van der Waals surface area contributed by atoms with E-state index in [9.17, 15) is 19.2 Å². The lowest BCUT2D eigenvalue weighted by Gasteiger charge is -2.12. The van der Waals surface area contributed by atoms with Gasteiger partial charge in [0.05, 0.1) is 6.54 Å². The van der Waals surface area contributed by atoms with Crippen molar-refractivity contribution in [3.63, 3.8) is 0 Å². The second-order valence-electron chi connectivity index (χ2n) is 2.96. The number of imide groups is 1. The van der Waals surface area contributed by atoms with Gasteiger partial charge in [0.2, 0.25) is 11.8 Å². The smallest absolute Gasteiger partial charge is 0.230 e. The van der Waals surface area contributed by atoms with Crippen molar-refractivity contribution < 1.29 is 19.2 Å². The fourth-order valence-electron chi connectivity index (χ4n) is 1.19. The third-order valence-corrected chi connectivity index (χ3v) is 1.98. The number of carbonyl (C=O) groups is 4. The summed E-state index contributed by atoms with van der Waals surface area (Å²) in [5.74, 6) is -1.21. The minimum atomic E-state index is -0.672. The molecular weight excluding hydrogens is 206 g/mol. The van der Waals surface area contributed by atoms with Gasteiger partial charge in [-0.3, -0.25) is 19.3 Å². The summed E-state index contributed by atoms with van der Waals surface area (Å²) in [5, 5.41) is -0.672. The molecule has 0 unspecified atom stereocenters. The van der Waals surface area contributed by atoms with Gasteiger partial charge < -0.3 is 17.4 Å². The lowest BCUT2D eigenvalue weighted by molar-refractivity contribution is -0.142. The first kappa shape index (κ1) is 10.8. The maximum Gasteiger partial charge on any atom is 0.230 e. The highest BCUT2D eigenvalue weighted by atomic mass is 32.1. The maximum atomic E-state index is 11.1. The Bertz CT molecular complexity index is 296. The molecule has 0 bridgehead atoms. The molecule has 0 aromatic carbocycles. The number of hydrogen-bond donors (Lipinski definition) is 0. The molecule has 5 nitrogen and oxygen atoms in total. The van der Waals surface area contributed by atoms with Crippen LogP contribution < -0.4 is 0 Å². The molecule has 1 rings (SSSR count). The molecule has 6 heteroatoms. The molecule has 0 N–H and O–H groups in total. The van der Waals surface area contributed by atoms with Crippen LogP contribution >= 0.6 is 0 Å². The summed E-state index contributed by atoms with van der Waals surface area (Å²) in [4.78, 5) is 44.4. The molecule has 1 aliphatic heterocycles. The number of carbonyl (C=O) groups excluding carboxylic acids is 4. The Morgan fingerprint density at radius 3 is 2.14 bits per heavy atom. The Morgan fingerprint density at radius 2 is 1.71 bits per heavy atom. The van der Waals surface area contributed by atoms with Crippen molar-refractivity contribution in [2.24, 2.45) is 0 Å². The van der Waals surface area contributed by atoms with Crippen LogP contribution in [0.5, 0.6) is 0 Å². The molecule has 2 amide bonds. The zero-order valence-corrected chi connectivity index (χ0v) is 8.13. The highest BCUT2D eigenvalue weighted by Crippen LogP contribution is 2.11. The molecule has 1 aliphatic rings. The lowest BCUT2D eigenvalue weighted by Crippen LogP contribution is -2.34. The molecule has 0 aromatic heterocycles. The van der Waals surface area contributed by atoms with Crippen LogP contribution in [-0.4, -0.2) is 34.2 Å². The van der Waals surface area contributed by atoms with E-state index >= 15 is 0 Å². The van der Waals surface area contributed by atoms with Crippen molar-refractivity contribution in [1.29, 1.82) is 0 Å². The van der Waals surface area contributed by atoms with Crippen LogP contribution in [0.15, 0.2) is 0 Å². The standard InChI is InChI=1S/C8H9NO4S/c10-5(3-8(13)14)4-9-6(11)1-2-7(9)12/h1-4H2,(H,13,14)/p-1. The topological polar surface area (TPSA) is 71.5 Å². The van der Waals surface area contributed by atoms with E-state index in [1.54, 1.807) is 0 Å². The Hall–Kier alpha value is -1.30. The van der Waals surface area contributed by atoms with E-state index in [-0.39, 0.29) is 31.2 Å². The van der Waals surface area contributed by atoms with Gasteiger partial charge in [-0.25, -0.2) is 0 Å². The predicted octanol–water partition coefficient (Wildman–Crippen LogP) is -0.832. The second kappa shape index (κ2) is 4.28. The van der Waals surface area contributed by atoms with Crippen LogP contribution in [0.25, 0.3) is 0 Å². The molecule has 0 atom stereocenters. The highest BCUT2D eigenvalue weighted by molar-refractivity contribution is 7.77. The van der Waals surface area contributed by atoms with Crippen molar-refractivity contribution in [3.8, 4) is 0 Å². The molecular formula is C8H8NO4S-. The first-order chi connectivity index (χ1) is 6.50. The van der Waals surface area contributed by atoms with Crippen molar-refractivity contribution >= 4 is 35.3 Å². The summed E-state index contributed by atoms with van der Waals surface area (Å²) < 4.78 is 0. The van der Waals surface area contributed by atoms with Crippen LogP contribution in [0.3, 0.4) is 0 Å². The third kappa shape index (κ3) is 2.59. The van der Waals surface area contributed by atoms with E-state index in [1.165, 1.54) is 0 Å². The van der Waals surface area contributed by atoms with Gasteiger partial charge in [-0.2, -0.15) is 0 Å². The van der Waals surface area contributed by atoms with E-state index in [2.05, 4.69) is 12.6 Å². The monoisotopic (exact) mass is 214 g/mol. The van der Waals surface area contributed by atoms with Gasteiger partial charge in [-0.05, 0) is 0 Å². The molecule has 76 valence electrons.